The van der Waals surface area contributed by atoms with Gasteiger partial charge in [-0.25, -0.2) is 0 Å². The molecule has 2 rings (SSSR count). The molecule has 2 fully saturated rings. The summed E-state index contributed by atoms with van der Waals surface area (Å²) in [7, 11) is 0. The lowest BCUT2D eigenvalue weighted by Gasteiger charge is -2.41. The van der Waals surface area contributed by atoms with E-state index in [0.717, 1.165) is 12.8 Å². The number of hydrogen-bond donors (Lipinski definition) is 0. The number of carbonyl (C=O) groups excluding carboxylic acids is 2. The third-order valence-electron chi connectivity index (χ3n) is 2.24. The quantitative estimate of drug-likeness (QED) is 0.357. The molecular weight excluding hydrogens is 130 g/mol. The summed E-state index contributed by atoms with van der Waals surface area (Å²) in [6.45, 7) is 0. The van der Waals surface area contributed by atoms with Gasteiger partial charge in [0.05, 0.1) is 0 Å². The third kappa shape index (κ3) is 0.602. The molecule has 0 N–H and O–H groups in total. The summed E-state index contributed by atoms with van der Waals surface area (Å²) in [5.74, 6) is 0.0576. The van der Waals surface area contributed by atoms with Gasteiger partial charge in [-0.2, -0.15) is 0 Å². The number of imide groups is 1. The molecule has 3 heteroatoms. The lowest BCUT2D eigenvalue weighted by molar-refractivity contribution is -0.161. The van der Waals surface area contributed by atoms with Crippen molar-refractivity contribution in [3.8, 4) is 0 Å². The number of hydrogen-bond acceptors (Lipinski definition) is 2. The van der Waals surface area contributed by atoms with E-state index in [1.54, 1.807) is 0 Å². The van der Waals surface area contributed by atoms with Gasteiger partial charge in [0.2, 0.25) is 11.8 Å². The van der Waals surface area contributed by atoms with Crippen LogP contribution in [0.2, 0.25) is 0 Å². The zero-order valence-corrected chi connectivity index (χ0v) is 5.67. The smallest absolute Gasteiger partial charge is 0.231 e. The second-order valence-corrected chi connectivity index (χ2v) is 2.91. The first-order valence-corrected chi connectivity index (χ1v) is 3.64. The molecule has 0 aromatic rings. The van der Waals surface area contributed by atoms with Crippen molar-refractivity contribution in [2.45, 2.75) is 31.7 Å². The van der Waals surface area contributed by atoms with Gasteiger partial charge in [-0.15, -0.1) is 0 Å². The molecule has 0 spiro atoms. The minimum absolute atomic E-state index is 0.0229. The fourth-order valence-corrected chi connectivity index (χ4v) is 1.67. The van der Waals surface area contributed by atoms with Crippen molar-refractivity contribution < 1.29 is 9.59 Å². The first kappa shape index (κ1) is 5.89. The number of amides is 2. The summed E-state index contributed by atoms with van der Waals surface area (Å²) in [5, 5.41) is 0. The molecule has 0 saturated carbocycles. The number of nitrogens with zero attached hydrogens (tertiary/aromatic N) is 1. The highest BCUT2D eigenvalue weighted by Gasteiger charge is 2.42. The normalized spacial score (nSPS) is 31.6. The van der Waals surface area contributed by atoms with Crippen LogP contribution in [0.5, 0.6) is 0 Å². The second-order valence-electron chi connectivity index (χ2n) is 2.91. The Morgan fingerprint density at radius 2 is 2.10 bits per heavy atom. The SMILES string of the molecule is O=C1CCCC2CC(=O)N12. The van der Waals surface area contributed by atoms with Crippen LogP contribution in [0.4, 0.5) is 0 Å². The Bertz CT molecular complexity index is 200. The van der Waals surface area contributed by atoms with Crippen LogP contribution in [0, 0.1) is 0 Å². The molecule has 0 bridgehead atoms. The van der Waals surface area contributed by atoms with Crippen LogP contribution in [-0.4, -0.2) is 22.8 Å². The summed E-state index contributed by atoms with van der Waals surface area (Å²) in [6.07, 6.45) is 3.17. The molecule has 2 heterocycles. The van der Waals surface area contributed by atoms with E-state index in [2.05, 4.69) is 0 Å². The molecule has 2 saturated heterocycles. The Morgan fingerprint density at radius 1 is 1.30 bits per heavy atom. The number of carbonyl (C=O) groups is 2. The fourth-order valence-electron chi connectivity index (χ4n) is 1.67. The highest BCUT2D eigenvalue weighted by atomic mass is 16.2. The molecular formula is C7H9NO2. The van der Waals surface area contributed by atoms with Crippen LogP contribution in [-0.2, 0) is 9.59 Å². The van der Waals surface area contributed by atoms with Crippen molar-refractivity contribution in [1.82, 2.24) is 4.90 Å². The molecule has 2 amide bonds. The topological polar surface area (TPSA) is 37.4 Å². The van der Waals surface area contributed by atoms with Crippen molar-refractivity contribution in [1.29, 1.82) is 0 Å². The molecule has 54 valence electrons. The van der Waals surface area contributed by atoms with Crippen LogP contribution in [0.1, 0.15) is 25.7 Å². The summed E-state index contributed by atoms with van der Waals surface area (Å²) >= 11 is 0. The molecule has 1 atom stereocenters. The van der Waals surface area contributed by atoms with Crippen LogP contribution in [0.25, 0.3) is 0 Å². The second kappa shape index (κ2) is 1.81. The van der Waals surface area contributed by atoms with E-state index in [1.807, 2.05) is 0 Å². The van der Waals surface area contributed by atoms with E-state index in [9.17, 15) is 9.59 Å². The Balaban J connectivity index is 2.15. The van der Waals surface area contributed by atoms with E-state index in [4.69, 9.17) is 0 Å². The summed E-state index contributed by atoms with van der Waals surface area (Å²) in [5.41, 5.74) is 0. The molecule has 2 aliphatic heterocycles. The zero-order valence-electron chi connectivity index (χ0n) is 5.67. The van der Waals surface area contributed by atoms with Gasteiger partial charge in [-0.05, 0) is 12.8 Å². The first-order valence-electron chi connectivity index (χ1n) is 3.64. The maximum absolute atomic E-state index is 11.0. The number of β-lactam (4-membered cyclic amide) rings is 1. The fraction of sp³-hybridized carbons (Fsp3) is 0.714. The van der Waals surface area contributed by atoms with Crippen molar-refractivity contribution in [3.63, 3.8) is 0 Å². The van der Waals surface area contributed by atoms with Gasteiger partial charge in [0.1, 0.15) is 0 Å². The van der Waals surface area contributed by atoms with Crippen molar-refractivity contribution in [3.05, 3.63) is 0 Å². The standard InChI is InChI=1S/C7H9NO2/c9-6-3-1-2-5-4-7(10)8(5)6/h5H,1-4H2. The van der Waals surface area contributed by atoms with Crippen LogP contribution in [0.15, 0.2) is 0 Å². The largest absolute Gasteiger partial charge is 0.279 e. The first-order chi connectivity index (χ1) is 4.79. The highest BCUT2D eigenvalue weighted by Crippen LogP contribution is 2.29. The molecule has 0 radical (unpaired) electrons. The maximum Gasteiger partial charge on any atom is 0.231 e. The molecule has 3 nitrogen and oxygen atoms in total. The summed E-state index contributed by atoms with van der Waals surface area (Å²) in [4.78, 5) is 23.2. The molecule has 10 heavy (non-hydrogen) atoms. The summed E-state index contributed by atoms with van der Waals surface area (Å²) < 4.78 is 0. The van der Waals surface area contributed by atoms with Gasteiger partial charge >= 0.3 is 0 Å². The monoisotopic (exact) mass is 139 g/mol. The average Bonchev–Trinajstić information content (AvgIpc) is 1.85. The third-order valence-corrected chi connectivity index (χ3v) is 2.24. The molecule has 0 aliphatic carbocycles. The van der Waals surface area contributed by atoms with E-state index in [-0.39, 0.29) is 17.9 Å². The minimum Gasteiger partial charge on any atom is -0.279 e. The Labute approximate surface area is 59.0 Å². The zero-order chi connectivity index (χ0) is 7.14. The molecule has 0 aromatic carbocycles. The van der Waals surface area contributed by atoms with Crippen LogP contribution in [0.3, 0.4) is 0 Å². The molecule has 1 unspecified atom stereocenters. The number of piperidine rings is 1. The highest BCUT2D eigenvalue weighted by molar-refractivity contribution is 6.00. The number of rotatable bonds is 0. The van der Waals surface area contributed by atoms with Gasteiger partial charge in [-0.1, -0.05) is 0 Å². The lowest BCUT2D eigenvalue weighted by Crippen LogP contribution is -2.57. The Morgan fingerprint density at radius 3 is 2.60 bits per heavy atom. The molecule has 0 aromatic heterocycles. The van der Waals surface area contributed by atoms with Crippen molar-refractivity contribution in [2.75, 3.05) is 0 Å². The lowest BCUT2D eigenvalue weighted by atomic mass is 9.91. The van der Waals surface area contributed by atoms with E-state index in [0.29, 0.717) is 12.8 Å². The van der Waals surface area contributed by atoms with Crippen molar-refractivity contribution >= 4 is 11.8 Å². The van der Waals surface area contributed by atoms with Gasteiger partial charge in [0.15, 0.2) is 0 Å². The predicted octanol–water partition coefficient (Wildman–Crippen LogP) is 0.298. The Hall–Kier alpha value is -0.860. The van der Waals surface area contributed by atoms with Crippen LogP contribution >= 0.6 is 0 Å². The number of fused-ring (bicyclic) bond motifs is 1. The van der Waals surface area contributed by atoms with Gasteiger partial charge in [0, 0.05) is 18.9 Å². The van der Waals surface area contributed by atoms with E-state index in [1.165, 1.54) is 4.90 Å². The van der Waals surface area contributed by atoms with E-state index < -0.39 is 0 Å². The van der Waals surface area contributed by atoms with Crippen LogP contribution < -0.4 is 0 Å². The minimum atomic E-state index is 0.0229. The average molecular weight is 139 g/mol. The van der Waals surface area contributed by atoms with Gasteiger partial charge < -0.3 is 0 Å². The summed E-state index contributed by atoms with van der Waals surface area (Å²) in [6, 6.07) is 0.272. The molecule has 2 aliphatic rings. The predicted molar refractivity (Wildman–Crippen MR) is 34.1 cm³/mol. The van der Waals surface area contributed by atoms with Crippen molar-refractivity contribution in [2.24, 2.45) is 0 Å². The maximum atomic E-state index is 11.0. The van der Waals surface area contributed by atoms with E-state index >= 15 is 0 Å². The van der Waals surface area contributed by atoms with Gasteiger partial charge in [-0.3, -0.25) is 14.5 Å². The Kier molecular flexibility index (Phi) is 1.07. The van der Waals surface area contributed by atoms with Gasteiger partial charge in [0.25, 0.3) is 0 Å².